The van der Waals surface area contributed by atoms with Crippen LogP contribution in [0.5, 0.6) is 0 Å². The fourth-order valence-corrected chi connectivity index (χ4v) is 1.29. The topological polar surface area (TPSA) is 40.2 Å². The van der Waals surface area contributed by atoms with Gasteiger partial charge in [-0.05, 0) is 31.5 Å². The van der Waals surface area contributed by atoms with E-state index in [1.165, 1.54) is 5.56 Å². The lowest BCUT2D eigenvalue weighted by molar-refractivity contribution is 0.103. The maximum atomic E-state index is 5.46. The zero-order valence-electron chi connectivity index (χ0n) is 8.36. The highest BCUT2D eigenvalue weighted by atomic mass is 16.5. The number of ether oxygens (including phenoxy) is 1. The van der Waals surface area contributed by atoms with E-state index in [9.17, 15) is 0 Å². The summed E-state index contributed by atoms with van der Waals surface area (Å²) in [7, 11) is 1.73. The first-order valence-corrected chi connectivity index (χ1v) is 4.63. The number of hydrogen-bond acceptors (Lipinski definition) is 2. The van der Waals surface area contributed by atoms with Crippen LogP contribution in [0.3, 0.4) is 0 Å². The molecule has 1 heterocycles. The summed E-state index contributed by atoms with van der Waals surface area (Å²) in [5, 5.41) is 0. The number of rotatable bonds is 5. The van der Waals surface area contributed by atoms with E-state index in [2.05, 4.69) is 30.0 Å². The zero-order valence-corrected chi connectivity index (χ0v) is 8.36. The van der Waals surface area contributed by atoms with Gasteiger partial charge in [0.2, 0.25) is 0 Å². The lowest BCUT2D eigenvalue weighted by Gasteiger charge is -2.09. The molecule has 3 nitrogen and oxygen atoms in total. The Balaban J connectivity index is 2.48. The second-order valence-electron chi connectivity index (χ2n) is 3.30. The third-order valence-corrected chi connectivity index (χ3v) is 2.12. The maximum absolute atomic E-state index is 5.46. The summed E-state index contributed by atoms with van der Waals surface area (Å²) in [5.41, 5.74) is 6.76. The fourth-order valence-electron chi connectivity index (χ4n) is 1.29. The largest absolute Gasteiger partial charge is 0.380 e. The molecule has 1 aromatic heterocycles. The summed E-state index contributed by atoms with van der Waals surface area (Å²) in [6, 6.07) is 2.11. The van der Waals surface area contributed by atoms with Crippen LogP contribution in [0.4, 0.5) is 0 Å². The number of methoxy groups -OCH3 is 1. The first-order valence-electron chi connectivity index (χ1n) is 4.63. The van der Waals surface area contributed by atoms with Gasteiger partial charge in [-0.2, -0.15) is 0 Å². The quantitative estimate of drug-likeness (QED) is 0.738. The van der Waals surface area contributed by atoms with Crippen molar-refractivity contribution in [3.05, 3.63) is 24.0 Å². The van der Waals surface area contributed by atoms with Gasteiger partial charge in [0.15, 0.2) is 0 Å². The summed E-state index contributed by atoms with van der Waals surface area (Å²) in [5.74, 6) is 0. The van der Waals surface area contributed by atoms with Crippen LogP contribution in [0.2, 0.25) is 0 Å². The van der Waals surface area contributed by atoms with Crippen molar-refractivity contribution >= 4 is 0 Å². The Bertz CT molecular complexity index is 245. The molecule has 74 valence electrons. The number of nitrogens with zero attached hydrogens (tertiary/aromatic N) is 1. The van der Waals surface area contributed by atoms with Crippen molar-refractivity contribution in [2.45, 2.75) is 26.0 Å². The Kier molecular flexibility index (Phi) is 3.99. The molecule has 0 bridgehead atoms. The lowest BCUT2D eigenvalue weighted by Crippen LogP contribution is -2.13. The van der Waals surface area contributed by atoms with Crippen LogP contribution < -0.4 is 5.73 Å². The summed E-state index contributed by atoms with van der Waals surface area (Å²) < 4.78 is 7.32. The number of nitrogens with two attached hydrogens (primary N) is 1. The van der Waals surface area contributed by atoms with Crippen molar-refractivity contribution in [3.63, 3.8) is 0 Å². The molecular formula is C10H18N2O. The summed E-state index contributed by atoms with van der Waals surface area (Å²) >= 11 is 0. The van der Waals surface area contributed by atoms with E-state index in [1.54, 1.807) is 7.11 Å². The normalized spacial score (nSPS) is 13.2. The molecule has 1 rings (SSSR count). The molecule has 0 aliphatic rings. The average Bonchev–Trinajstić information content (AvgIpc) is 2.53. The highest BCUT2D eigenvalue weighted by Crippen LogP contribution is 2.03. The molecule has 0 spiro atoms. The third-order valence-electron chi connectivity index (χ3n) is 2.12. The third kappa shape index (κ3) is 3.20. The van der Waals surface area contributed by atoms with E-state index in [0.717, 1.165) is 13.0 Å². The van der Waals surface area contributed by atoms with Gasteiger partial charge in [0, 0.05) is 26.0 Å². The molecular weight excluding hydrogens is 164 g/mol. The van der Waals surface area contributed by atoms with E-state index < -0.39 is 0 Å². The molecule has 13 heavy (non-hydrogen) atoms. The Morgan fingerprint density at radius 3 is 3.00 bits per heavy atom. The van der Waals surface area contributed by atoms with Gasteiger partial charge in [-0.3, -0.25) is 0 Å². The molecule has 0 aliphatic heterocycles. The molecule has 1 atom stereocenters. The van der Waals surface area contributed by atoms with Crippen molar-refractivity contribution in [1.29, 1.82) is 0 Å². The predicted molar refractivity (Wildman–Crippen MR) is 53.7 cm³/mol. The van der Waals surface area contributed by atoms with Crippen molar-refractivity contribution in [2.24, 2.45) is 5.73 Å². The monoisotopic (exact) mass is 182 g/mol. The van der Waals surface area contributed by atoms with Gasteiger partial charge in [-0.1, -0.05) is 0 Å². The Hall–Kier alpha value is -0.800. The van der Waals surface area contributed by atoms with Crippen molar-refractivity contribution < 1.29 is 4.74 Å². The van der Waals surface area contributed by atoms with E-state index in [4.69, 9.17) is 10.5 Å². The van der Waals surface area contributed by atoms with Gasteiger partial charge in [0.05, 0.1) is 6.10 Å². The van der Waals surface area contributed by atoms with Gasteiger partial charge in [0.25, 0.3) is 0 Å². The van der Waals surface area contributed by atoms with Gasteiger partial charge in [0.1, 0.15) is 0 Å². The molecule has 0 radical (unpaired) electrons. The molecule has 3 heteroatoms. The second-order valence-corrected chi connectivity index (χ2v) is 3.30. The molecule has 1 unspecified atom stereocenters. The van der Waals surface area contributed by atoms with Crippen LogP contribution in [-0.4, -0.2) is 24.3 Å². The van der Waals surface area contributed by atoms with Crippen LogP contribution >= 0.6 is 0 Å². The Labute approximate surface area is 79.5 Å². The van der Waals surface area contributed by atoms with Gasteiger partial charge in [-0.25, -0.2) is 0 Å². The summed E-state index contributed by atoms with van der Waals surface area (Å²) in [6.07, 6.45) is 5.41. The van der Waals surface area contributed by atoms with Crippen LogP contribution in [-0.2, 0) is 17.7 Å². The van der Waals surface area contributed by atoms with Crippen molar-refractivity contribution in [3.8, 4) is 0 Å². The van der Waals surface area contributed by atoms with E-state index >= 15 is 0 Å². The maximum Gasteiger partial charge on any atom is 0.0721 e. The standard InChI is InChI=1S/C10H18N2O/c1-9(13-2)7-12-6-4-10(8-12)3-5-11/h4,6,8-9H,3,5,7,11H2,1-2H3. The van der Waals surface area contributed by atoms with Gasteiger partial charge >= 0.3 is 0 Å². The Morgan fingerprint density at radius 1 is 1.62 bits per heavy atom. The lowest BCUT2D eigenvalue weighted by atomic mass is 10.2. The second kappa shape index (κ2) is 5.04. The van der Waals surface area contributed by atoms with Gasteiger partial charge < -0.3 is 15.0 Å². The number of hydrogen-bond donors (Lipinski definition) is 1. The molecule has 0 aromatic carbocycles. The van der Waals surface area contributed by atoms with Crippen LogP contribution in [0.15, 0.2) is 18.5 Å². The molecule has 0 fully saturated rings. The highest BCUT2D eigenvalue weighted by Gasteiger charge is 2.01. The predicted octanol–water partition coefficient (Wildman–Crippen LogP) is 1.02. The molecule has 0 saturated heterocycles. The summed E-state index contributed by atoms with van der Waals surface area (Å²) in [6.45, 7) is 3.67. The van der Waals surface area contributed by atoms with Crippen LogP contribution in [0.1, 0.15) is 12.5 Å². The van der Waals surface area contributed by atoms with Crippen LogP contribution in [0, 0.1) is 0 Å². The highest BCUT2D eigenvalue weighted by molar-refractivity contribution is 5.10. The average molecular weight is 182 g/mol. The minimum absolute atomic E-state index is 0.262. The molecule has 1 aromatic rings. The summed E-state index contributed by atoms with van der Waals surface area (Å²) in [4.78, 5) is 0. The van der Waals surface area contributed by atoms with Crippen molar-refractivity contribution in [2.75, 3.05) is 13.7 Å². The van der Waals surface area contributed by atoms with E-state index in [-0.39, 0.29) is 6.10 Å². The molecule has 0 saturated carbocycles. The minimum atomic E-state index is 0.262. The first-order chi connectivity index (χ1) is 6.26. The molecule has 2 N–H and O–H groups in total. The van der Waals surface area contributed by atoms with Crippen molar-refractivity contribution in [1.82, 2.24) is 4.57 Å². The Morgan fingerprint density at radius 2 is 2.38 bits per heavy atom. The van der Waals surface area contributed by atoms with Gasteiger partial charge in [-0.15, -0.1) is 0 Å². The molecule has 0 aliphatic carbocycles. The SMILES string of the molecule is COC(C)Cn1ccc(CCN)c1. The fraction of sp³-hybridized carbons (Fsp3) is 0.600. The van der Waals surface area contributed by atoms with Crippen LogP contribution in [0.25, 0.3) is 0 Å². The number of aromatic nitrogens is 1. The molecule has 0 amide bonds. The van der Waals surface area contributed by atoms with E-state index in [1.807, 2.05) is 0 Å². The minimum Gasteiger partial charge on any atom is -0.380 e. The zero-order chi connectivity index (χ0) is 9.68. The first kappa shape index (κ1) is 10.3. The smallest absolute Gasteiger partial charge is 0.0721 e. The van der Waals surface area contributed by atoms with E-state index in [0.29, 0.717) is 6.54 Å².